The van der Waals surface area contributed by atoms with Crippen LogP contribution in [-0.2, 0) is 9.59 Å². The summed E-state index contributed by atoms with van der Waals surface area (Å²) in [5, 5.41) is 3.94. The van der Waals surface area contributed by atoms with Crippen LogP contribution in [0.4, 0.5) is 18.9 Å². The highest BCUT2D eigenvalue weighted by molar-refractivity contribution is 5.93. The molecule has 2 atom stereocenters. The van der Waals surface area contributed by atoms with Gasteiger partial charge in [0.15, 0.2) is 11.5 Å². The number of piperidine rings is 1. The average Bonchev–Trinajstić information content (AvgIpc) is 3.43. The highest BCUT2D eigenvalue weighted by Gasteiger charge is 2.29. The van der Waals surface area contributed by atoms with Gasteiger partial charge in [-0.2, -0.15) is 0 Å². The number of nitrogens with zero attached hydrogens (tertiary/aromatic N) is 3. The number of nitrogens with one attached hydrogen (secondary N) is 1. The van der Waals surface area contributed by atoms with Gasteiger partial charge in [0.25, 0.3) is 6.43 Å². The summed E-state index contributed by atoms with van der Waals surface area (Å²) in [5.74, 6) is 0.0948. The molecule has 0 radical (unpaired) electrons. The lowest BCUT2D eigenvalue weighted by Crippen LogP contribution is -2.40. The van der Waals surface area contributed by atoms with Gasteiger partial charge < -0.3 is 24.6 Å². The number of carbonyl (C=O) groups is 2. The maximum Gasteiger partial charge on any atom is 0.266 e. The van der Waals surface area contributed by atoms with Crippen LogP contribution in [0.2, 0.25) is 0 Å². The smallest absolute Gasteiger partial charge is 0.266 e. The van der Waals surface area contributed by atoms with Crippen molar-refractivity contribution in [1.82, 2.24) is 14.8 Å². The van der Waals surface area contributed by atoms with E-state index in [-0.39, 0.29) is 29.6 Å². The molecule has 224 valence electrons. The number of ether oxygens (including phenoxy) is 2. The molecule has 2 saturated heterocycles. The van der Waals surface area contributed by atoms with Crippen molar-refractivity contribution in [2.24, 2.45) is 0 Å². The minimum atomic E-state index is -2.92. The van der Waals surface area contributed by atoms with Gasteiger partial charge in [-0.25, -0.2) is 13.2 Å². The number of likely N-dealkylation sites (tertiary alicyclic amines) is 2. The van der Waals surface area contributed by atoms with E-state index in [0.717, 1.165) is 6.07 Å². The number of rotatable bonds is 8. The zero-order chi connectivity index (χ0) is 30.0. The van der Waals surface area contributed by atoms with Crippen LogP contribution in [-0.4, -0.2) is 65.0 Å². The molecule has 0 bridgehead atoms. The lowest BCUT2D eigenvalue weighted by Gasteiger charge is -2.32. The summed E-state index contributed by atoms with van der Waals surface area (Å²) in [6, 6.07) is 8.73. The van der Waals surface area contributed by atoms with Crippen LogP contribution < -0.4 is 14.8 Å². The summed E-state index contributed by atoms with van der Waals surface area (Å²) in [6.45, 7) is 7.06. The van der Waals surface area contributed by atoms with Crippen molar-refractivity contribution in [3.8, 4) is 11.5 Å². The molecule has 3 heterocycles. The first-order chi connectivity index (χ1) is 20.1. The number of hydrogen-bond donors (Lipinski definition) is 1. The number of aromatic nitrogens is 1. The Morgan fingerprint density at radius 1 is 0.929 bits per heavy atom. The standard InChI is InChI=1S/C31H35F3N4O4/c1-18(23-5-4-6-24(30(23)32)31(33)34)36-26-7-11-35-27-16-29(41-21-8-12-37(13-9-21)19(2)39)28(15-25(26)27)42-22-10-14-38(17-22)20(3)40/h4-7,11,15-16,18,21-22,31H,8-10,12-14,17H2,1-3H3,(H,35,36)/t18-,22+/m1/s1. The quantitative estimate of drug-likeness (QED) is 0.357. The third kappa shape index (κ3) is 6.39. The van der Waals surface area contributed by atoms with Crippen LogP contribution in [0, 0.1) is 5.82 Å². The molecule has 2 aliphatic heterocycles. The predicted octanol–water partition coefficient (Wildman–Crippen LogP) is 5.87. The van der Waals surface area contributed by atoms with Crippen LogP contribution >= 0.6 is 0 Å². The van der Waals surface area contributed by atoms with Crippen molar-refractivity contribution in [3.05, 3.63) is 59.5 Å². The third-order valence-corrected chi connectivity index (χ3v) is 8.00. The molecule has 1 aromatic heterocycles. The van der Waals surface area contributed by atoms with E-state index >= 15 is 0 Å². The summed E-state index contributed by atoms with van der Waals surface area (Å²) >= 11 is 0. The number of hydrogen-bond acceptors (Lipinski definition) is 6. The van der Waals surface area contributed by atoms with Gasteiger partial charge in [-0.15, -0.1) is 0 Å². The molecular formula is C31H35F3N4O4. The minimum absolute atomic E-state index is 0.0128. The lowest BCUT2D eigenvalue weighted by atomic mass is 10.0. The first-order valence-corrected chi connectivity index (χ1v) is 14.2. The zero-order valence-electron chi connectivity index (χ0n) is 23.9. The Kier molecular flexibility index (Phi) is 8.74. The number of halogens is 3. The molecule has 5 rings (SSSR count). The normalized spacial score (nSPS) is 18.4. The number of fused-ring (bicyclic) bond motifs is 1. The second-order valence-corrected chi connectivity index (χ2v) is 10.9. The van der Waals surface area contributed by atoms with Gasteiger partial charge in [-0.1, -0.05) is 18.2 Å². The predicted molar refractivity (Wildman–Crippen MR) is 152 cm³/mol. The Hall–Kier alpha value is -4.02. The van der Waals surface area contributed by atoms with Gasteiger partial charge in [-0.05, 0) is 19.1 Å². The Morgan fingerprint density at radius 3 is 2.21 bits per heavy atom. The maximum atomic E-state index is 14.9. The minimum Gasteiger partial charge on any atom is -0.486 e. The van der Waals surface area contributed by atoms with Crippen molar-refractivity contribution < 1.29 is 32.2 Å². The van der Waals surface area contributed by atoms with Gasteiger partial charge >= 0.3 is 0 Å². The van der Waals surface area contributed by atoms with Crippen molar-refractivity contribution in [2.45, 2.75) is 64.7 Å². The molecule has 0 unspecified atom stereocenters. The molecule has 0 aliphatic carbocycles. The van der Waals surface area contributed by atoms with Gasteiger partial charge in [-0.3, -0.25) is 14.6 Å². The highest BCUT2D eigenvalue weighted by atomic mass is 19.3. The third-order valence-electron chi connectivity index (χ3n) is 8.00. The Morgan fingerprint density at radius 2 is 1.55 bits per heavy atom. The van der Waals surface area contributed by atoms with Gasteiger partial charge in [0.05, 0.1) is 23.7 Å². The summed E-state index contributed by atoms with van der Waals surface area (Å²) in [5.41, 5.74) is 0.719. The highest BCUT2D eigenvalue weighted by Crippen LogP contribution is 2.39. The molecule has 3 aromatic rings. The molecule has 0 saturated carbocycles. The van der Waals surface area contributed by atoms with Crippen LogP contribution in [0.3, 0.4) is 0 Å². The molecule has 1 N–H and O–H groups in total. The van der Waals surface area contributed by atoms with Crippen molar-refractivity contribution in [3.63, 3.8) is 0 Å². The number of amides is 2. The number of pyridine rings is 1. The molecular weight excluding hydrogens is 549 g/mol. The summed E-state index contributed by atoms with van der Waals surface area (Å²) in [6.07, 6.45) is 0.365. The molecule has 42 heavy (non-hydrogen) atoms. The summed E-state index contributed by atoms with van der Waals surface area (Å²) in [7, 11) is 0. The van der Waals surface area contributed by atoms with Crippen molar-refractivity contribution in [2.75, 3.05) is 31.5 Å². The topological polar surface area (TPSA) is 84.0 Å². The monoisotopic (exact) mass is 584 g/mol. The first-order valence-electron chi connectivity index (χ1n) is 14.2. The van der Waals surface area contributed by atoms with Gasteiger partial charge in [0.1, 0.15) is 18.0 Å². The second-order valence-electron chi connectivity index (χ2n) is 10.9. The molecule has 8 nitrogen and oxygen atoms in total. The van der Waals surface area contributed by atoms with E-state index in [9.17, 15) is 22.8 Å². The first kappa shape index (κ1) is 29.5. The van der Waals surface area contributed by atoms with E-state index < -0.39 is 23.8 Å². The number of anilines is 1. The molecule has 2 amide bonds. The number of carbonyl (C=O) groups excluding carboxylic acids is 2. The SMILES string of the molecule is CC(=O)N1CCC(Oc2cc3nccc(N[C@H](C)c4cccc(C(F)F)c4F)c3cc2O[C@H]2CCN(C(C)=O)C2)CC1. The number of alkyl halides is 2. The molecule has 2 fully saturated rings. The van der Waals surface area contributed by atoms with E-state index in [0.29, 0.717) is 73.5 Å². The fraction of sp³-hybridized carbons (Fsp3) is 0.452. The largest absolute Gasteiger partial charge is 0.486 e. The van der Waals surface area contributed by atoms with Gasteiger partial charge in [0, 0.05) is 81.6 Å². The van der Waals surface area contributed by atoms with E-state index in [4.69, 9.17) is 9.47 Å². The van der Waals surface area contributed by atoms with Crippen LogP contribution in [0.25, 0.3) is 10.9 Å². The molecule has 0 spiro atoms. The Labute approximate surface area is 242 Å². The Bertz CT molecular complexity index is 1460. The molecule has 11 heteroatoms. The Balaban J connectivity index is 1.45. The van der Waals surface area contributed by atoms with Crippen LogP contribution in [0.5, 0.6) is 11.5 Å². The summed E-state index contributed by atoms with van der Waals surface area (Å²) < 4.78 is 54.4. The molecule has 2 aliphatic rings. The number of benzene rings is 2. The van der Waals surface area contributed by atoms with Gasteiger partial charge in [0.2, 0.25) is 11.8 Å². The fourth-order valence-corrected chi connectivity index (χ4v) is 5.60. The van der Waals surface area contributed by atoms with E-state index in [1.165, 1.54) is 19.1 Å². The average molecular weight is 585 g/mol. The van der Waals surface area contributed by atoms with Crippen LogP contribution in [0.1, 0.15) is 63.6 Å². The fourth-order valence-electron chi connectivity index (χ4n) is 5.60. The zero-order valence-corrected chi connectivity index (χ0v) is 23.9. The van der Waals surface area contributed by atoms with E-state index in [2.05, 4.69) is 10.3 Å². The van der Waals surface area contributed by atoms with Crippen LogP contribution in [0.15, 0.2) is 42.6 Å². The lowest BCUT2D eigenvalue weighted by molar-refractivity contribution is -0.130. The second kappa shape index (κ2) is 12.5. The van der Waals surface area contributed by atoms with E-state index in [1.807, 2.05) is 6.07 Å². The van der Waals surface area contributed by atoms with Crippen molar-refractivity contribution in [1.29, 1.82) is 0 Å². The van der Waals surface area contributed by atoms with Crippen molar-refractivity contribution >= 4 is 28.4 Å². The maximum absolute atomic E-state index is 14.9. The molecule has 2 aromatic carbocycles. The van der Waals surface area contributed by atoms with E-state index in [1.54, 1.807) is 42.0 Å². The summed E-state index contributed by atoms with van der Waals surface area (Å²) in [4.78, 5) is 31.7.